The summed E-state index contributed by atoms with van der Waals surface area (Å²) in [4.78, 5) is 12.2. The van der Waals surface area contributed by atoms with Crippen LogP contribution in [-0.2, 0) is 6.73 Å². The van der Waals surface area contributed by atoms with E-state index in [1.807, 2.05) is 42.5 Å². The molecule has 0 unspecified atom stereocenters. The van der Waals surface area contributed by atoms with Gasteiger partial charge in [0.2, 0.25) is 5.82 Å². The van der Waals surface area contributed by atoms with Crippen LogP contribution in [0.25, 0.3) is 11.1 Å². The first-order chi connectivity index (χ1) is 15.8. The zero-order valence-corrected chi connectivity index (χ0v) is 16.7. The highest BCUT2D eigenvalue weighted by molar-refractivity contribution is 6.02. The molecule has 0 saturated heterocycles. The highest BCUT2D eigenvalue weighted by atomic mass is 19.2. The van der Waals surface area contributed by atoms with E-state index < -0.39 is 40.7 Å². The van der Waals surface area contributed by atoms with Crippen molar-refractivity contribution < 1.29 is 31.5 Å². The second-order valence-corrected chi connectivity index (χ2v) is 6.80. The first-order valence-corrected chi connectivity index (χ1v) is 9.49. The molecule has 0 atom stereocenters. The summed E-state index contributed by atoms with van der Waals surface area (Å²) in [5, 5.41) is 5.54. The molecule has 1 heterocycles. The molecule has 0 radical (unpaired) electrons. The highest BCUT2D eigenvalue weighted by Crippen LogP contribution is 2.27. The minimum atomic E-state index is -2.32. The van der Waals surface area contributed by atoms with E-state index in [9.17, 15) is 26.7 Å². The van der Waals surface area contributed by atoms with Crippen LogP contribution in [0, 0.1) is 29.1 Å². The van der Waals surface area contributed by atoms with E-state index >= 15 is 0 Å². The number of aromatic nitrogens is 2. The maximum Gasteiger partial charge on any atom is 0.276 e. The van der Waals surface area contributed by atoms with Gasteiger partial charge in [0.1, 0.15) is 11.4 Å². The van der Waals surface area contributed by atoms with Crippen molar-refractivity contribution in [3.8, 4) is 16.9 Å². The number of halogens is 5. The van der Waals surface area contributed by atoms with E-state index in [1.165, 1.54) is 16.9 Å². The molecular weight excluding hydrogens is 445 g/mol. The summed E-state index contributed by atoms with van der Waals surface area (Å²) >= 11 is 0. The topological polar surface area (TPSA) is 56.2 Å². The van der Waals surface area contributed by atoms with E-state index in [4.69, 9.17) is 4.74 Å². The molecule has 0 spiro atoms. The Kier molecular flexibility index (Phi) is 6.07. The average Bonchev–Trinajstić information content (AvgIpc) is 3.33. The lowest BCUT2D eigenvalue weighted by molar-refractivity contribution is 0.101. The number of amides is 1. The lowest BCUT2D eigenvalue weighted by Gasteiger charge is -2.09. The van der Waals surface area contributed by atoms with E-state index in [2.05, 4.69) is 5.10 Å². The van der Waals surface area contributed by atoms with Gasteiger partial charge in [-0.15, -0.1) is 0 Å². The van der Waals surface area contributed by atoms with Crippen LogP contribution in [0.2, 0.25) is 0 Å². The summed E-state index contributed by atoms with van der Waals surface area (Å²) in [5.41, 5.74) is 0.261. The maximum atomic E-state index is 13.7. The van der Waals surface area contributed by atoms with E-state index in [-0.39, 0.29) is 12.4 Å². The number of carbonyl (C=O) groups is 1. The van der Waals surface area contributed by atoms with Crippen molar-refractivity contribution in [1.29, 1.82) is 0 Å². The van der Waals surface area contributed by atoms with Crippen molar-refractivity contribution >= 4 is 11.6 Å². The highest BCUT2D eigenvalue weighted by Gasteiger charge is 2.27. The molecule has 0 aliphatic carbocycles. The third-order valence-corrected chi connectivity index (χ3v) is 4.65. The molecule has 1 amide bonds. The van der Waals surface area contributed by atoms with Gasteiger partial charge in [0, 0.05) is 6.20 Å². The van der Waals surface area contributed by atoms with Crippen LogP contribution >= 0.6 is 0 Å². The second kappa shape index (κ2) is 9.11. The summed E-state index contributed by atoms with van der Waals surface area (Å²) < 4.78 is 74.0. The van der Waals surface area contributed by atoms with Crippen LogP contribution in [0.15, 0.2) is 66.9 Å². The van der Waals surface area contributed by atoms with E-state index in [0.717, 1.165) is 11.1 Å². The summed E-state index contributed by atoms with van der Waals surface area (Å²) in [6, 6.07) is 18.2. The SMILES string of the molecule is O=C(Nc1c(F)c(F)c(F)c(F)c1F)c1ccn(COc2ccc(-c3ccccc3)cc2)n1. The Morgan fingerprint density at radius 1 is 0.788 bits per heavy atom. The van der Waals surface area contributed by atoms with Crippen molar-refractivity contribution in [1.82, 2.24) is 9.78 Å². The molecule has 0 aliphatic heterocycles. The molecule has 4 aromatic rings. The Morgan fingerprint density at radius 2 is 1.36 bits per heavy atom. The Morgan fingerprint density at radius 3 is 2.00 bits per heavy atom. The Balaban J connectivity index is 1.41. The largest absolute Gasteiger partial charge is 0.471 e. The molecule has 33 heavy (non-hydrogen) atoms. The van der Waals surface area contributed by atoms with Crippen molar-refractivity contribution in [3.05, 3.63) is 102 Å². The molecule has 0 aliphatic rings. The van der Waals surface area contributed by atoms with Gasteiger partial charge >= 0.3 is 0 Å². The van der Waals surface area contributed by atoms with Crippen molar-refractivity contribution in [2.24, 2.45) is 0 Å². The minimum Gasteiger partial charge on any atom is -0.471 e. The van der Waals surface area contributed by atoms with Crippen LogP contribution in [0.3, 0.4) is 0 Å². The molecule has 0 saturated carbocycles. The zero-order chi connectivity index (χ0) is 23.5. The number of hydrogen-bond acceptors (Lipinski definition) is 3. The van der Waals surface area contributed by atoms with Gasteiger partial charge < -0.3 is 10.1 Å². The normalized spacial score (nSPS) is 10.8. The lowest BCUT2D eigenvalue weighted by atomic mass is 10.1. The Bertz CT molecular complexity index is 1280. The average molecular weight is 459 g/mol. The van der Waals surface area contributed by atoms with E-state index in [0.29, 0.717) is 5.75 Å². The van der Waals surface area contributed by atoms with Crippen LogP contribution < -0.4 is 10.1 Å². The maximum absolute atomic E-state index is 13.7. The summed E-state index contributed by atoms with van der Waals surface area (Å²) in [6.07, 6.45) is 1.35. The molecule has 168 valence electrons. The third-order valence-electron chi connectivity index (χ3n) is 4.65. The fourth-order valence-corrected chi connectivity index (χ4v) is 2.96. The predicted molar refractivity (Wildman–Crippen MR) is 109 cm³/mol. The van der Waals surface area contributed by atoms with Gasteiger partial charge in [-0.25, -0.2) is 26.6 Å². The van der Waals surface area contributed by atoms with Crippen LogP contribution in [-0.4, -0.2) is 15.7 Å². The molecule has 5 nitrogen and oxygen atoms in total. The van der Waals surface area contributed by atoms with Gasteiger partial charge in [0.05, 0.1) is 0 Å². The van der Waals surface area contributed by atoms with Crippen molar-refractivity contribution in [3.63, 3.8) is 0 Å². The van der Waals surface area contributed by atoms with Gasteiger partial charge in [0.15, 0.2) is 35.7 Å². The van der Waals surface area contributed by atoms with Gasteiger partial charge in [-0.05, 0) is 29.3 Å². The summed E-state index contributed by atoms with van der Waals surface area (Å²) in [7, 11) is 0. The Labute approximate surface area is 184 Å². The van der Waals surface area contributed by atoms with Crippen LogP contribution in [0.5, 0.6) is 5.75 Å². The van der Waals surface area contributed by atoms with Gasteiger partial charge in [0.25, 0.3) is 5.91 Å². The van der Waals surface area contributed by atoms with E-state index in [1.54, 1.807) is 17.4 Å². The minimum absolute atomic E-state index is 0.0967. The first-order valence-electron chi connectivity index (χ1n) is 9.49. The fourth-order valence-electron chi connectivity index (χ4n) is 2.96. The third kappa shape index (κ3) is 4.54. The zero-order valence-electron chi connectivity index (χ0n) is 16.7. The first kappa shape index (κ1) is 22.0. The van der Waals surface area contributed by atoms with Gasteiger partial charge in [-0.2, -0.15) is 5.10 Å². The second-order valence-electron chi connectivity index (χ2n) is 6.80. The molecular formula is C23H14F5N3O2. The lowest BCUT2D eigenvalue weighted by Crippen LogP contribution is -2.18. The molecule has 3 aromatic carbocycles. The van der Waals surface area contributed by atoms with Crippen LogP contribution in [0.4, 0.5) is 27.6 Å². The quantitative estimate of drug-likeness (QED) is 0.234. The predicted octanol–water partition coefficient (Wildman–Crippen LogP) is 5.53. The molecule has 10 heteroatoms. The summed E-state index contributed by atoms with van der Waals surface area (Å²) in [6.45, 7) is -0.0967. The van der Waals surface area contributed by atoms with Crippen molar-refractivity contribution in [2.75, 3.05) is 5.32 Å². The number of rotatable bonds is 6. The Hall–Kier alpha value is -4.21. The number of hydrogen-bond donors (Lipinski definition) is 1. The number of nitrogens with zero attached hydrogens (tertiary/aromatic N) is 2. The monoisotopic (exact) mass is 459 g/mol. The standard InChI is InChI=1S/C23H14F5N3O2/c24-17-18(25)20(27)22(21(28)19(17)26)29-23(32)16-10-11-31(30-16)12-33-15-8-6-14(7-9-15)13-4-2-1-3-5-13/h1-11H,12H2,(H,29,32). The molecule has 1 aromatic heterocycles. The number of anilines is 1. The van der Waals surface area contributed by atoms with Gasteiger partial charge in [-0.1, -0.05) is 42.5 Å². The summed E-state index contributed by atoms with van der Waals surface area (Å²) in [5.74, 6) is -11.6. The number of nitrogens with one attached hydrogen (secondary N) is 1. The number of benzene rings is 3. The fraction of sp³-hybridized carbons (Fsp3) is 0.0435. The number of ether oxygens (including phenoxy) is 1. The molecule has 0 bridgehead atoms. The smallest absolute Gasteiger partial charge is 0.276 e. The number of carbonyl (C=O) groups excluding carboxylic acids is 1. The van der Waals surface area contributed by atoms with Crippen molar-refractivity contribution in [2.45, 2.75) is 6.73 Å². The molecule has 4 rings (SSSR count). The molecule has 0 fully saturated rings. The van der Waals surface area contributed by atoms with Gasteiger partial charge in [-0.3, -0.25) is 4.79 Å². The molecule has 1 N–H and O–H groups in total. The van der Waals surface area contributed by atoms with Crippen LogP contribution in [0.1, 0.15) is 10.5 Å².